The van der Waals surface area contributed by atoms with E-state index in [9.17, 15) is 18.0 Å². The minimum absolute atomic E-state index is 0.0770. The van der Waals surface area contributed by atoms with Crippen LogP contribution >= 0.6 is 11.3 Å². The Bertz CT molecular complexity index is 624. The maximum atomic E-state index is 12.3. The second-order valence-corrected chi connectivity index (χ2v) is 5.04. The third-order valence-electron chi connectivity index (χ3n) is 2.53. The van der Waals surface area contributed by atoms with E-state index in [2.05, 4.69) is 15.5 Å². The number of aryl methyl sites for hydroxylation is 1. The van der Waals surface area contributed by atoms with Crippen LogP contribution in [-0.4, -0.2) is 16.1 Å². The van der Waals surface area contributed by atoms with Crippen molar-refractivity contribution in [2.24, 2.45) is 0 Å². The zero-order valence-electron chi connectivity index (χ0n) is 10.4. The Kier molecular flexibility index (Phi) is 4.03. The third-order valence-corrected chi connectivity index (χ3v) is 3.41. The van der Waals surface area contributed by atoms with Gasteiger partial charge in [-0.05, 0) is 18.1 Å². The third kappa shape index (κ3) is 3.53. The molecule has 0 saturated carbocycles. The van der Waals surface area contributed by atoms with E-state index < -0.39 is 17.1 Å². The number of alkyl halides is 3. The molecule has 0 spiro atoms. The number of nitrogens with zero attached hydrogens (tertiary/aromatic N) is 2. The molecule has 8 heteroatoms. The van der Waals surface area contributed by atoms with Crippen LogP contribution in [0.4, 0.5) is 18.3 Å². The van der Waals surface area contributed by atoms with E-state index in [4.69, 9.17) is 0 Å². The van der Waals surface area contributed by atoms with E-state index in [-0.39, 0.29) is 11.6 Å². The van der Waals surface area contributed by atoms with Crippen LogP contribution in [0.5, 0.6) is 0 Å². The first-order valence-electron chi connectivity index (χ1n) is 5.61. The van der Waals surface area contributed by atoms with Gasteiger partial charge in [0.2, 0.25) is 16.0 Å². The van der Waals surface area contributed by atoms with Crippen molar-refractivity contribution in [3.05, 3.63) is 40.4 Å². The molecular formula is C12H10F3N3OS. The van der Waals surface area contributed by atoms with Gasteiger partial charge in [0.1, 0.15) is 0 Å². The highest BCUT2D eigenvalue weighted by Crippen LogP contribution is 2.32. The number of carbonyl (C=O) groups excluding carboxylic acids is 1. The Morgan fingerprint density at radius 1 is 1.30 bits per heavy atom. The lowest BCUT2D eigenvalue weighted by atomic mass is 10.1. The topological polar surface area (TPSA) is 54.9 Å². The van der Waals surface area contributed by atoms with Crippen LogP contribution in [0.15, 0.2) is 24.3 Å². The highest BCUT2D eigenvalue weighted by Gasteiger charge is 2.35. The number of aromatic nitrogens is 2. The van der Waals surface area contributed by atoms with Gasteiger partial charge in [-0.15, -0.1) is 10.2 Å². The number of amides is 1. The maximum absolute atomic E-state index is 12.3. The van der Waals surface area contributed by atoms with Crippen molar-refractivity contribution in [2.45, 2.75) is 19.5 Å². The first kappa shape index (κ1) is 14.4. The second kappa shape index (κ2) is 5.58. The van der Waals surface area contributed by atoms with E-state index in [1.807, 2.05) is 19.1 Å². The molecule has 0 fully saturated rings. The molecule has 0 radical (unpaired) electrons. The monoisotopic (exact) mass is 301 g/mol. The summed E-state index contributed by atoms with van der Waals surface area (Å²) in [5.41, 5.74) is 1.75. The summed E-state index contributed by atoms with van der Waals surface area (Å²) >= 11 is 0.304. The average Bonchev–Trinajstić information content (AvgIpc) is 2.80. The molecular weight excluding hydrogens is 291 g/mol. The molecule has 4 nitrogen and oxygen atoms in total. The molecule has 106 valence electrons. The Labute approximate surface area is 116 Å². The SMILES string of the molecule is Cc1ccccc1CC(=O)Nc1nnc(C(F)(F)F)s1. The summed E-state index contributed by atoms with van der Waals surface area (Å²) in [6.07, 6.45) is -4.47. The normalized spacial score (nSPS) is 11.4. The number of anilines is 1. The van der Waals surface area contributed by atoms with Gasteiger partial charge in [0, 0.05) is 0 Å². The van der Waals surface area contributed by atoms with Gasteiger partial charge in [-0.25, -0.2) is 0 Å². The van der Waals surface area contributed by atoms with Gasteiger partial charge in [0.15, 0.2) is 0 Å². The standard InChI is InChI=1S/C12H10F3N3OS/c1-7-4-2-3-5-8(7)6-9(19)16-11-18-17-10(20-11)12(13,14)15/h2-5H,6H2,1H3,(H,16,18,19). The first-order chi connectivity index (χ1) is 9.36. The average molecular weight is 301 g/mol. The molecule has 0 aliphatic heterocycles. The minimum atomic E-state index is -4.54. The lowest BCUT2D eigenvalue weighted by molar-refractivity contribution is -0.138. The zero-order valence-corrected chi connectivity index (χ0v) is 11.2. The molecule has 20 heavy (non-hydrogen) atoms. The van der Waals surface area contributed by atoms with Crippen molar-refractivity contribution in [1.82, 2.24) is 10.2 Å². The fourth-order valence-corrected chi connectivity index (χ4v) is 2.16. The van der Waals surface area contributed by atoms with E-state index in [1.165, 1.54) is 0 Å². The molecule has 2 rings (SSSR count). The van der Waals surface area contributed by atoms with Crippen LogP contribution in [0.2, 0.25) is 0 Å². The summed E-state index contributed by atoms with van der Waals surface area (Å²) in [5.74, 6) is -0.427. The Morgan fingerprint density at radius 3 is 2.60 bits per heavy atom. The van der Waals surface area contributed by atoms with Gasteiger partial charge in [-0.2, -0.15) is 13.2 Å². The predicted molar refractivity (Wildman–Crippen MR) is 68.4 cm³/mol. The van der Waals surface area contributed by atoms with Crippen molar-refractivity contribution in [3.63, 3.8) is 0 Å². The summed E-state index contributed by atoms with van der Waals surface area (Å²) in [6.45, 7) is 1.86. The van der Waals surface area contributed by atoms with E-state index in [0.29, 0.717) is 11.3 Å². The quantitative estimate of drug-likeness (QED) is 0.948. The molecule has 0 atom stereocenters. The highest BCUT2D eigenvalue weighted by atomic mass is 32.1. The van der Waals surface area contributed by atoms with E-state index >= 15 is 0 Å². The Morgan fingerprint density at radius 2 is 2.00 bits per heavy atom. The number of benzene rings is 1. The Balaban J connectivity index is 2.02. The maximum Gasteiger partial charge on any atom is 0.445 e. The molecule has 1 N–H and O–H groups in total. The van der Waals surface area contributed by atoms with E-state index in [1.54, 1.807) is 12.1 Å². The number of nitrogens with one attached hydrogen (secondary N) is 1. The van der Waals surface area contributed by atoms with Crippen LogP contribution in [-0.2, 0) is 17.4 Å². The lowest BCUT2D eigenvalue weighted by Crippen LogP contribution is -2.14. The number of carbonyl (C=O) groups is 1. The van der Waals surface area contributed by atoms with Crippen LogP contribution in [0, 0.1) is 6.92 Å². The summed E-state index contributed by atoms with van der Waals surface area (Å²) < 4.78 is 37.0. The van der Waals surface area contributed by atoms with Crippen molar-refractivity contribution >= 4 is 22.4 Å². The number of hydrogen-bond acceptors (Lipinski definition) is 4. The van der Waals surface area contributed by atoms with Gasteiger partial charge in [0.05, 0.1) is 6.42 Å². The molecule has 0 unspecified atom stereocenters. The number of halogens is 3. The molecule has 0 aliphatic rings. The second-order valence-electron chi connectivity index (χ2n) is 4.06. The van der Waals surface area contributed by atoms with Crippen LogP contribution in [0.1, 0.15) is 16.1 Å². The smallest absolute Gasteiger partial charge is 0.300 e. The fraction of sp³-hybridized carbons (Fsp3) is 0.250. The van der Waals surface area contributed by atoms with Gasteiger partial charge < -0.3 is 5.32 Å². The lowest BCUT2D eigenvalue weighted by Gasteiger charge is -2.04. The summed E-state index contributed by atoms with van der Waals surface area (Å²) in [5, 5.41) is 7.38. The summed E-state index contributed by atoms with van der Waals surface area (Å²) in [7, 11) is 0. The number of rotatable bonds is 3. The highest BCUT2D eigenvalue weighted by molar-refractivity contribution is 7.15. The van der Waals surface area contributed by atoms with Gasteiger partial charge in [0.25, 0.3) is 0 Å². The predicted octanol–water partition coefficient (Wildman–Crippen LogP) is 3.05. The van der Waals surface area contributed by atoms with Gasteiger partial charge in [-0.1, -0.05) is 35.6 Å². The molecule has 1 heterocycles. The molecule has 0 bridgehead atoms. The minimum Gasteiger partial charge on any atom is -0.300 e. The van der Waals surface area contributed by atoms with Crippen molar-refractivity contribution in [3.8, 4) is 0 Å². The zero-order chi connectivity index (χ0) is 14.8. The molecule has 1 aromatic heterocycles. The largest absolute Gasteiger partial charge is 0.445 e. The van der Waals surface area contributed by atoms with Crippen molar-refractivity contribution < 1.29 is 18.0 Å². The summed E-state index contributed by atoms with van der Waals surface area (Å²) in [4.78, 5) is 11.7. The molecule has 0 saturated heterocycles. The number of hydrogen-bond donors (Lipinski definition) is 1. The first-order valence-corrected chi connectivity index (χ1v) is 6.43. The molecule has 2 aromatic rings. The fourth-order valence-electron chi connectivity index (χ4n) is 1.53. The van der Waals surface area contributed by atoms with E-state index in [0.717, 1.165) is 11.1 Å². The van der Waals surface area contributed by atoms with Gasteiger partial charge >= 0.3 is 6.18 Å². The van der Waals surface area contributed by atoms with Crippen LogP contribution in [0.3, 0.4) is 0 Å². The van der Waals surface area contributed by atoms with Crippen molar-refractivity contribution in [1.29, 1.82) is 0 Å². The summed E-state index contributed by atoms with van der Waals surface area (Å²) in [6, 6.07) is 7.28. The van der Waals surface area contributed by atoms with Crippen LogP contribution in [0.25, 0.3) is 0 Å². The van der Waals surface area contributed by atoms with Gasteiger partial charge in [-0.3, -0.25) is 4.79 Å². The van der Waals surface area contributed by atoms with Crippen molar-refractivity contribution in [2.75, 3.05) is 5.32 Å². The Hall–Kier alpha value is -1.96. The molecule has 0 aliphatic carbocycles. The molecule has 1 amide bonds. The van der Waals surface area contributed by atoms with Crippen LogP contribution < -0.4 is 5.32 Å². The molecule has 1 aromatic carbocycles.